The van der Waals surface area contributed by atoms with Crippen LogP contribution in [0.15, 0.2) is 188 Å². The van der Waals surface area contributed by atoms with Crippen LogP contribution in [-0.4, -0.2) is 0 Å². The molecule has 2 nitrogen and oxygen atoms in total. The van der Waals surface area contributed by atoms with E-state index in [0.29, 0.717) is 11.8 Å². The zero-order valence-electron chi connectivity index (χ0n) is 30.2. The fourth-order valence-corrected chi connectivity index (χ4v) is 7.80. The van der Waals surface area contributed by atoms with Gasteiger partial charge in [-0.3, -0.25) is 0 Å². The summed E-state index contributed by atoms with van der Waals surface area (Å²) in [6.45, 7) is 4.52. The van der Waals surface area contributed by atoms with E-state index in [9.17, 15) is 0 Å². The van der Waals surface area contributed by atoms with Gasteiger partial charge < -0.3 is 9.80 Å². The first-order chi connectivity index (χ1) is 26.1. The Morgan fingerprint density at radius 2 is 0.962 bits per heavy atom. The highest BCUT2D eigenvalue weighted by molar-refractivity contribution is 6.14. The molecule has 1 aliphatic rings. The van der Waals surface area contributed by atoms with Crippen molar-refractivity contribution < 1.29 is 0 Å². The Morgan fingerprint density at radius 3 is 1.57 bits per heavy atom. The standard InChI is InChI=1S/C51H42N2/c1-36-21-27-44(28-22-36)53(51-35-40-13-9-10-18-46(40)47-19-11-12-20-48(47)51)45-29-23-38(24-30-45)34-50(49-33-37(49)2)39-25-31-43(32-26-39)52(41-14-5-3-6-15-41)42-16-7-4-8-17-42/h3-32,34-35,37,49H,33H2,1-2H3. The van der Waals surface area contributed by atoms with Gasteiger partial charge in [0.2, 0.25) is 0 Å². The minimum atomic E-state index is 0.563. The molecule has 0 bridgehead atoms. The molecule has 1 fully saturated rings. The van der Waals surface area contributed by atoms with Crippen molar-refractivity contribution in [1.29, 1.82) is 0 Å². The van der Waals surface area contributed by atoms with Gasteiger partial charge in [-0.05, 0) is 125 Å². The molecule has 0 saturated heterocycles. The van der Waals surface area contributed by atoms with Crippen molar-refractivity contribution >= 4 is 67.3 Å². The molecule has 0 radical (unpaired) electrons. The third kappa shape index (κ3) is 6.49. The molecule has 0 heterocycles. The van der Waals surface area contributed by atoms with Crippen LogP contribution in [0.3, 0.4) is 0 Å². The number of allylic oxidation sites excluding steroid dienone is 1. The maximum atomic E-state index is 2.42. The van der Waals surface area contributed by atoms with Gasteiger partial charge >= 0.3 is 0 Å². The topological polar surface area (TPSA) is 6.48 Å². The van der Waals surface area contributed by atoms with Gasteiger partial charge in [-0.2, -0.15) is 0 Å². The van der Waals surface area contributed by atoms with E-state index in [1.165, 1.54) is 55.9 Å². The summed E-state index contributed by atoms with van der Waals surface area (Å²) in [6.07, 6.45) is 3.64. The Morgan fingerprint density at radius 1 is 0.491 bits per heavy atom. The lowest BCUT2D eigenvalue weighted by Crippen LogP contribution is -2.10. The smallest absolute Gasteiger partial charge is 0.0546 e. The SMILES string of the molecule is Cc1ccc(N(c2ccc(C=C(c3ccc(N(c4ccccc4)c4ccccc4)cc3)C3CC3C)cc2)c2cc3ccccc3c3ccccc23)cc1. The maximum Gasteiger partial charge on any atom is 0.0546 e. The monoisotopic (exact) mass is 682 g/mol. The molecule has 1 saturated carbocycles. The number of hydrogen-bond acceptors (Lipinski definition) is 2. The van der Waals surface area contributed by atoms with Gasteiger partial charge in [0, 0.05) is 33.8 Å². The number of hydrogen-bond donors (Lipinski definition) is 0. The van der Waals surface area contributed by atoms with Crippen LogP contribution in [0.5, 0.6) is 0 Å². The summed E-state index contributed by atoms with van der Waals surface area (Å²) in [7, 11) is 0. The number of anilines is 6. The van der Waals surface area contributed by atoms with Crippen LogP contribution in [0.2, 0.25) is 0 Å². The molecule has 0 amide bonds. The van der Waals surface area contributed by atoms with Crippen molar-refractivity contribution in [3.05, 3.63) is 205 Å². The third-order valence-electron chi connectivity index (χ3n) is 10.7. The summed E-state index contributed by atoms with van der Waals surface area (Å²) < 4.78 is 0. The molecule has 8 aromatic rings. The summed E-state index contributed by atoms with van der Waals surface area (Å²) in [5.74, 6) is 1.25. The second-order valence-electron chi connectivity index (χ2n) is 14.4. The second kappa shape index (κ2) is 14.0. The Labute approximate surface area is 312 Å². The first-order valence-electron chi connectivity index (χ1n) is 18.7. The molecule has 256 valence electrons. The fourth-order valence-electron chi connectivity index (χ4n) is 7.80. The molecular formula is C51H42N2. The largest absolute Gasteiger partial charge is 0.311 e. The lowest BCUT2D eigenvalue weighted by molar-refractivity contribution is 0.913. The van der Waals surface area contributed by atoms with E-state index in [4.69, 9.17) is 0 Å². The lowest BCUT2D eigenvalue weighted by atomic mass is 9.96. The zero-order valence-corrected chi connectivity index (χ0v) is 30.2. The lowest BCUT2D eigenvalue weighted by Gasteiger charge is -2.28. The maximum absolute atomic E-state index is 2.42. The van der Waals surface area contributed by atoms with E-state index in [1.54, 1.807) is 0 Å². The van der Waals surface area contributed by atoms with Crippen LogP contribution >= 0.6 is 0 Å². The summed E-state index contributed by atoms with van der Waals surface area (Å²) in [5, 5.41) is 5.02. The van der Waals surface area contributed by atoms with Gasteiger partial charge in [-0.15, -0.1) is 0 Å². The van der Waals surface area contributed by atoms with E-state index in [1.807, 2.05) is 0 Å². The van der Waals surface area contributed by atoms with Crippen LogP contribution in [0.4, 0.5) is 34.1 Å². The van der Waals surface area contributed by atoms with E-state index < -0.39 is 0 Å². The molecule has 1 aliphatic carbocycles. The number of aryl methyl sites for hydroxylation is 1. The average molecular weight is 683 g/mol. The molecule has 0 aromatic heterocycles. The van der Waals surface area contributed by atoms with Crippen molar-refractivity contribution in [3.63, 3.8) is 0 Å². The number of nitrogens with zero attached hydrogens (tertiary/aromatic N) is 2. The zero-order chi connectivity index (χ0) is 35.7. The van der Waals surface area contributed by atoms with Crippen molar-refractivity contribution in [3.8, 4) is 0 Å². The molecule has 2 heteroatoms. The minimum absolute atomic E-state index is 0.563. The molecule has 2 atom stereocenters. The summed E-state index contributed by atoms with van der Waals surface area (Å²) >= 11 is 0. The predicted molar refractivity (Wildman–Crippen MR) is 227 cm³/mol. The molecule has 53 heavy (non-hydrogen) atoms. The Balaban J connectivity index is 1.09. The van der Waals surface area contributed by atoms with Gasteiger partial charge in [0.1, 0.15) is 0 Å². The van der Waals surface area contributed by atoms with E-state index in [0.717, 1.165) is 28.4 Å². The van der Waals surface area contributed by atoms with Crippen molar-refractivity contribution in [1.82, 2.24) is 0 Å². The van der Waals surface area contributed by atoms with Crippen molar-refractivity contribution in [2.45, 2.75) is 20.3 Å². The molecule has 0 N–H and O–H groups in total. The quantitative estimate of drug-likeness (QED) is 0.110. The Hall–Kier alpha value is -6.38. The number of para-hydroxylation sites is 2. The molecule has 8 aromatic carbocycles. The van der Waals surface area contributed by atoms with Crippen molar-refractivity contribution in [2.24, 2.45) is 11.8 Å². The average Bonchev–Trinajstić information content (AvgIpc) is 3.95. The van der Waals surface area contributed by atoms with Gasteiger partial charge in [-0.25, -0.2) is 0 Å². The van der Waals surface area contributed by atoms with E-state index in [2.05, 4.69) is 218 Å². The molecule has 0 aliphatic heterocycles. The molecule has 2 unspecified atom stereocenters. The first kappa shape index (κ1) is 32.5. The normalized spacial score (nSPS) is 15.4. The Kier molecular flexibility index (Phi) is 8.57. The van der Waals surface area contributed by atoms with Crippen LogP contribution < -0.4 is 9.80 Å². The number of rotatable bonds is 9. The summed E-state index contributed by atoms with van der Waals surface area (Å²) in [4.78, 5) is 4.74. The summed E-state index contributed by atoms with van der Waals surface area (Å²) in [5.41, 5.74) is 12.1. The third-order valence-corrected chi connectivity index (χ3v) is 10.7. The second-order valence-corrected chi connectivity index (χ2v) is 14.4. The summed E-state index contributed by atoms with van der Waals surface area (Å²) in [6, 6.07) is 68.3. The highest BCUT2D eigenvalue weighted by Crippen LogP contribution is 2.49. The van der Waals surface area contributed by atoms with Crippen molar-refractivity contribution in [2.75, 3.05) is 9.80 Å². The van der Waals surface area contributed by atoms with E-state index >= 15 is 0 Å². The molecule has 9 rings (SSSR count). The number of fused-ring (bicyclic) bond motifs is 3. The number of benzene rings is 8. The van der Waals surface area contributed by atoms with Crippen LogP contribution in [0.25, 0.3) is 33.2 Å². The van der Waals surface area contributed by atoms with Crippen LogP contribution in [-0.2, 0) is 0 Å². The van der Waals surface area contributed by atoms with Gasteiger partial charge in [-0.1, -0.05) is 140 Å². The highest BCUT2D eigenvalue weighted by Gasteiger charge is 2.36. The first-order valence-corrected chi connectivity index (χ1v) is 18.7. The van der Waals surface area contributed by atoms with Crippen LogP contribution in [0.1, 0.15) is 30.0 Å². The highest BCUT2D eigenvalue weighted by atomic mass is 15.1. The van der Waals surface area contributed by atoms with E-state index in [-0.39, 0.29) is 0 Å². The fraction of sp³-hybridized carbons (Fsp3) is 0.0980. The van der Waals surface area contributed by atoms with Gasteiger partial charge in [0.25, 0.3) is 0 Å². The molecular weight excluding hydrogens is 641 g/mol. The molecule has 0 spiro atoms. The van der Waals surface area contributed by atoms with Crippen LogP contribution in [0, 0.1) is 18.8 Å². The Bertz CT molecular complexity index is 2500. The van der Waals surface area contributed by atoms with Gasteiger partial charge in [0.15, 0.2) is 0 Å². The predicted octanol–water partition coefficient (Wildman–Crippen LogP) is 14.4. The van der Waals surface area contributed by atoms with Gasteiger partial charge in [0.05, 0.1) is 5.69 Å². The minimum Gasteiger partial charge on any atom is -0.311 e.